The molecule has 138 valence electrons. The van der Waals surface area contributed by atoms with Crippen molar-refractivity contribution in [3.63, 3.8) is 0 Å². The van der Waals surface area contributed by atoms with Crippen molar-refractivity contribution >= 4 is 6.02 Å². The number of hydrogen-bond acceptors (Lipinski definition) is 5. The molecule has 1 aromatic heterocycles. The Hall–Kier alpha value is -2.67. The van der Waals surface area contributed by atoms with Gasteiger partial charge in [0.25, 0.3) is 6.02 Å². The Morgan fingerprint density at radius 1 is 1.42 bits per heavy atom. The summed E-state index contributed by atoms with van der Waals surface area (Å²) in [5, 5.41) is 0. The molecule has 2 atom stereocenters. The smallest absolute Gasteiger partial charge is 0.282 e. The molecule has 0 amide bonds. The Labute approximate surface area is 151 Å². The lowest BCUT2D eigenvalue weighted by Gasteiger charge is -2.31. The Balaban J connectivity index is 2.03. The van der Waals surface area contributed by atoms with E-state index in [-0.39, 0.29) is 18.0 Å². The first-order chi connectivity index (χ1) is 12.6. The van der Waals surface area contributed by atoms with Crippen molar-refractivity contribution in [2.24, 2.45) is 16.6 Å². The maximum absolute atomic E-state index is 14.1. The molecule has 2 N–H and O–H groups in total. The van der Waals surface area contributed by atoms with Crippen LogP contribution in [0.5, 0.6) is 5.75 Å². The maximum Gasteiger partial charge on any atom is 0.282 e. The zero-order valence-corrected chi connectivity index (χ0v) is 14.8. The van der Waals surface area contributed by atoms with E-state index in [2.05, 4.69) is 9.98 Å². The number of benzene rings is 1. The first kappa shape index (κ1) is 18.1. The average Bonchev–Trinajstić information content (AvgIpc) is 2.67. The van der Waals surface area contributed by atoms with Gasteiger partial charge in [-0.2, -0.15) is 4.39 Å². The predicted octanol–water partition coefficient (Wildman–Crippen LogP) is 2.94. The van der Waals surface area contributed by atoms with Crippen LogP contribution in [-0.4, -0.2) is 37.9 Å². The van der Waals surface area contributed by atoms with Crippen LogP contribution in [0.1, 0.15) is 18.5 Å². The molecule has 0 saturated carbocycles. The molecule has 1 aliphatic rings. The second-order valence-corrected chi connectivity index (χ2v) is 5.94. The van der Waals surface area contributed by atoms with Crippen molar-refractivity contribution in [2.45, 2.75) is 13.0 Å². The summed E-state index contributed by atoms with van der Waals surface area (Å²) in [6.45, 7) is 3.47. The molecule has 7 heteroatoms. The third-order valence-electron chi connectivity index (χ3n) is 4.31. The molecule has 0 bridgehead atoms. The van der Waals surface area contributed by atoms with E-state index in [1.807, 2.05) is 25.1 Å². The van der Waals surface area contributed by atoms with Crippen molar-refractivity contribution < 1.29 is 18.6 Å². The highest BCUT2D eigenvalue weighted by Gasteiger charge is 2.32. The highest BCUT2D eigenvalue weighted by atomic mass is 19.1. The number of aliphatic imine (C=N–C) groups is 1. The Morgan fingerprint density at radius 3 is 3.00 bits per heavy atom. The number of nitrogens with two attached hydrogens (primary N) is 1. The first-order valence-corrected chi connectivity index (χ1v) is 8.46. The van der Waals surface area contributed by atoms with Crippen LogP contribution in [0.2, 0.25) is 0 Å². The summed E-state index contributed by atoms with van der Waals surface area (Å²) in [5.74, 6) is 0.153. The van der Waals surface area contributed by atoms with Crippen LogP contribution in [0.15, 0.2) is 41.5 Å². The van der Waals surface area contributed by atoms with E-state index in [9.17, 15) is 4.39 Å². The van der Waals surface area contributed by atoms with E-state index >= 15 is 0 Å². The van der Waals surface area contributed by atoms with Crippen LogP contribution in [-0.2, 0) is 9.47 Å². The molecule has 1 unspecified atom stereocenters. The third-order valence-corrected chi connectivity index (χ3v) is 4.31. The lowest BCUT2D eigenvalue weighted by atomic mass is 9.89. The van der Waals surface area contributed by atoms with Gasteiger partial charge in [-0.15, -0.1) is 0 Å². The molecule has 3 rings (SSSR count). The van der Waals surface area contributed by atoms with Gasteiger partial charge in [0.05, 0.1) is 26.4 Å². The lowest BCUT2D eigenvalue weighted by molar-refractivity contribution is 0.0654. The maximum atomic E-state index is 14.1. The number of aromatic nitrogens is 1. The largest absolute Gasteiger partial charge is 0.493 e. The summed E-state index contributed by atoms with van der Waals surface area (Å²) in [6, 6.07) is 8.66. The number of pyridine rings is 1. The molecular weight excluding hydrogens is 337 g/mol. The van der Waals surface area contributed by atoms with Crippen LogP contribution >= 0.6 is 0 Å². The zero-order valence-electron chi connectivity index (χ0n) is 14.8. The van der Waals surface area contributed by atoms with Gasteiger partial charge in [0.15, 0.2) is 0 Å². The fourth-order valence-corrected chi connectivity index (χ4v) is 3.00. The topological polar surface area (TPSA) is 79.0 Å². The van der Waals surface area contributed by atoms with Gasteiger partial charge < -0.3 is 19.9 Å². The van der Waals surface area contributed by atoms with Gasteiger partial charge in [0.2, 0.25) is 5.95 Å². The summed E-state index contributed by atoms with van der Waals surface area (Å²) in [4.78, 5) is 8.21. The summed E-state index contributed by atoms with van der Waals surface area (Å²) in [5.41, 5.74) is 7.74. The predicted molar refractivity (Wildman–Crippen MR) is 96.5 cm³/mol. The second kappa shape index (κ2) is 8.14. The van der Waals surface area contributed by atoms with Crippen molar-refractivity contribution in [3.8, 4) is 16.9 Å². The molecule has 0 spiro atoms. The van der Waals surface area contributed by atoms with Crippen molar-refractivity contribution in [2.75, 3.05) is 26.9 Å². The Kier molecular flexibility index (Phi) is 5.68. The van der Waals surface area contributed by atoms with Gasteiger partial charge in [-0.05, 0) is 36.8 Å². The second-order valence-electron chi connectivity index (χ2n) is 5.94. The normalized spacial score (nSPS) is 19.6. The van der Waals surface area contributed by atoms with E-state index in [0.717, 1.165) is 5.56 Å². The Bertz CT molecular complexity index is 797. The quantitative estimate of drug-likeness (QED) is 0.504. The van der Waals surface area contributed by atoms with Gasteiger partial charge >= 0.3 is 0 Å². The summed E-state index contributed by atoms with van der Waals surface area (Å²) in [7, 11) is 1.47. The van der Waals surface area contributed by atoms with E-state index in [1.165, 1.54) is 13.3 Å². The SMILES string of the molecule is CCOC[C@@H]1COc2ccc(-c3cccnc3F)cc2C1N=C(N)OC. The molecule has 2 heterocycles. The van der Waals surface area contributed by atoms with E-state index in [0.29, 0.717) is 36.7 Å². The van der Waals surface area contributed by atoms with Gasteiger partial charge in [0.1, 0.15) is 5.75 Å². The van der Waals surface area contributed by atoms with E-state index in [4.69, 9.17) is 19.9 Å². The first-order valence-electron chi connectivity index (χ1n) is 8.46. The van der Waals surface area contributed by atoms with Gasteiger partial charge in [-0.1, -0.05) is 6.07 Å². The fourth-order valence-electron chi connectivity index (χ4n) is 3.00. The molecule has 2 aromatic rings. The highest BCUT2D eigenvalue weighted by molar-refractivity contribution is 5.72. The minimum Gasteiger partial charge on any atom is -0.493 e. The van der Waals surface area contributed by atoms with Crippen LogP contribution < -0.4 is 10.5 Å². The molecule has 0 saturated heterocycles. The Morgan fingerprint density at radius 2 is 2.27 bits per heavy atom. The summed E-state index contributed by atoms with van der Waals surface area (Å²) >= 11 is 0. The number of methoxy groups -OCH3 is 1. The number of halogens is 1. The molecule has 1 aromatic carbocycles. The molecule has 1 aliphatic heterocycles. The number of hydrogen-bond donors (Lipinski definition) is 1. The van der Waals surface area contributed by atoms with Crippen molar-refractivity contribution in [3.05, 3.63) is 48.0 Å². The third kappa shape index (κ3) is 3.77. The number of nitrogens with zero attached hydrogens (tertiary/aromatic N) is 2. The van der Waals surface area contributed by atoms with Crippen LogP contribution in [0, 0.1) is 11.9 Å². The zero-order chi connectivity index (χ0) is 18.5. The average molecular weight is 359 g/mol. The van der Waals surface area contributed by atoms with E-state index in [1.54, 1.807) is 12.1 Å². The standard InChI is InChI=1S/C19H22FN3O3/c1-3-25-10-13-11-26-16-7-6-12(14-5-4-8-22-18(14)20)9-15(16)17(13)23-19(21)24-2/h4-9,13,17H,3,10-11H2,1-2H3,(H2,21,23)/t13-,17?/m1/s1. The molecule has 0 aliphatic carbocycles. The van der Waals surface area contributed by atoms with Crippen molar-refractivity contribution in [1.82, 2.24) is 4.98 Å². The molecule has 0 radical (unpaired) electrons. The van der Waals surface area contributed by atoms with Crippen LogP contribution in [0.3, 0.4) is 0 Å². The minimum atomic E-state index is -0.522. The molecular formula is C19H22FN3O3. The van der Waals surface area contributed by atoms with E-state index < -0.39 is 5.95 Å². The number of amidine groups is 1. The van der Waals surface area contributed by atoms with Gasteiger partial charge in [-0.25, -0.2) is 9.98 Å². The number of ether oxygens (including phenoxy) is 3. The lowest BCUT2D eigenvalue weighted by Crippen LogP contribution is -2.30. The van der Waals surface area contributed by atoms with Crippen LogP contribution in [0.4, 0.5) is 4.39 Å². The monoisotopic (exact) mass is 359 g/mol. The summed E-state index contributed by atoms with van der Waals surface area (Å²) < 4.78 is 30.5. The van der Waals surface area contributed by atoms with Crippen molar-refractivity contribution in [1.29, 1.82) is 0 Å². The number of fused-ring (bicyclic) bond motifs is 1. The highest BCUT2D eigenvalue weighted by Crippen LogP contribution is 2.40. The van der Waals surface area contributed by atoms with Gasteiger partial charge in [0, 0.05) is 29.8 Å². The molecule has 0 fully saturated rings. The molecule has 26 heavy (non-hydrogen) atoms. The minimum absolute atomic E-state index is 0.0230. The summed E-state index contributed by atoms with van der Waals surface area (Å²) in [6.07, 6.45) is 1.42. The van der Waals surface area contributed by atoms with Crippen LogP contribution in [0.25, 0.3) is 11.1 Å². The molecule has 6 nitrogen and oxygen atoms in total. The fraction of sp³-hybridized carbons (Fsp3) is 0.368. The van der Waals surface area contributed by atoms with Gasteiger partial charge in [-0.3, -0.25) is 0 Å². The number of rotatable bonds is 5.